The van der Waals surface area contributed by atoms with Crippen LogP contribution in [-0.2, 0) is 18.4 Å². The minimum absolute atomic E-state index is 0.223. The second-order valence-electron chi connectivity index (χ2n) is 7.35. The van der Waals surface area contributed by atoms with Gasteiger partial charge in [-0.15, -0.1) is 0 Å². The average Bonchev–Trinajstić information content (AvgIpc) is 2.84. The van der Waals surface area contributed by atoms with Crippen LogP contribution in [0.5, 0.6) is 5.75 Å². The molecule has 6 nitrogen and oxygen atoms in total. The van der Waals surface area contributed by atoms with Crippen LogP contribution in [-0.4, -0.2) is 25.7 Å². The first-order valence-electron chi connectivity index (χ1n) is 10.9. The summed E-state index contributed by atoms with van der Waals surface area (Å²) in [6.45, 7) is 4.18. The Balaban J connectivity index is 1.79. The first-order chi connectivity index (χ1) is 15.6. The Hall–Kier alpha value is -2.66. The maximum atomic E-state index is 13.7. The molecule has 32 heavy (non-hydrogen) atoms. The molecular weight excluding hydrogens is 425 g/mol. The monoisotopic (exact) mass is 455 g/mol. The summed E-state index contributed by atoms with van der Waals surface area (Å²) in [5.41, 5.74) is 0.654. The zero-order chi connectivity index (χ0) is 22.8. The molecule has 0 aliphatic heterocycles. The van der Waals surface area contributed by atoms with Gasteiger partial charge in [0, 0.05) is 5.39 Å². The molecule has 0 aliphatic carbocycles. The van der Waals surface area contributed by atoms with Gasteiger partial charge in [-0.25, -0.2) is 0 Å². The van der Waals surface area contributed by atoms with E-state index in [-0.39, 0.29) is 19.8 Å². The summed E-state index contributed by atoms with van der Waals surface area (Å²) >= 11 is 0. The van der Waals surface area contributed by atoms with Crippen molar-refractivity contribution in [3.05, 3.63) is 78.4 Å². The van der Waals surface area contributed by atoms with Crippen molar-refractivity contribution in [2.45, 2.75) is 32.5 Å². The van der Waals surface area contributed by atoms with Gasteiger partial charge in [0.2, 0.25) is 0 Å². The van der Waals surface area contributed by atoms with Gasteiger partial charge in [0.15, 0.2) is 12.4 Å². The van der Waals surface area contributed by atoms with Crippen LogP contribution in [0.15, 0.2) is 72.8 Å². The van der Waals surface area contributed by atoms with E-state index in [0.717, 1.165) is 10.8 Å². The highest BCUT2D eigenvalue weighted by Gasteiger charge is 2.38. The minimum Gasteiger partial charge on any atom is -0.483 e. The Morgan fingerprint density at radius 1 is 0.875 bits per heavy atom. The Bertz CT molecular complexity index is 1040. The van der Waals surface area contributed by atoms with Crippen molar-refractivity contribution in [2.24, 2.45) is 0 Å². The summed E-state index contributed by atoms with van der Waals surface area (Å²) in [7, 11) is -3.66. The van der Waals surface area contributed by atoms with Crippen molar-refractivity contribution >= 4 is 24.3 Å². The predicted molar refractivity (Wildman–Crippen MR) is 127 cm³/mol. The topological polar surface area (TPSA) is 73.9 Å². The smallest absolute Gasteiger partial charge is 0.357 e. The lowest BCUT2D eigenvalue weighted by Gasteiger charge is -2.28. The average molecular weight is 455 g/mol. The number of rotatable bonds is 12. The molecule has 3 aromatic carbocycles. The van der Waals surface area contributed by atoms with Crippen molar-refractivity contribution in [1.82, 2.24) is 5.32 Å². The molecule has 3 rings (SSSR count). The van der Waals surface area contributed by atoms with Crippen LogP contribution >= 0.6 is 7.60 Å². The maximum Gasteiger partial charge on any atom is 0.357 e. The van der Waals surface area contributed by atoms with Gasteiger partial charge in [0.25, 0.3) is 5.91 Å². The van der Waals surface area contributed by atoms with E-state index in [1.54, 1.807) is 12.1 Å². The van der Waals surface area contributed by atoms with E-state index in [2.05, 4.69) is 5.32 Å². The van der Waals surface area contributed by atoms with Crippen LogP contribution in [0.1, 0.15) is 38.0 Å². The lowest BCUT2D eigenvalue weighted by molar-refractivity contribution is -0.123. The van der Waals surface area contributed by atoms with Crippen molar-refractivity contribution in [2.75, 3.05) is 19.8 Å². The summed E-state index contributed by atoms with van der Waals surface area (Å²) in [5, 5.41) is 4.78. The molecule has 0 spiro atoms. The van der Waals surface area contributed by atoms with E-state index >= 15 is 0 Å². The van der Waals surface area contributed by atoms with E-state index in [1.165, 1.54) is 0 Å². The fraction of sp³-hybridized carbons (Fsp3) is 0.320. The number of carbonyl (C=O) groups is 1. The zero-order valence-corrected chi connectivity index (χ0v) is 19.4. The van der Waals surface area contributed by atoms with Gasteiger partial charge in [0.1, 0.15) is 5.75 Å². The first kappa shape index (κ1) is 24.0. The number of hydrogen-bond acceptors (Lipinski definition) is 5. The quantitative estimate of drug-likeness (QED) is 0.335. The molecule has 1 atom stereocenters. The molecule has 1 amide bonds. The fourth-order valence-electron chi connectivity index (χ4n) is 3.26. The third kappa shape index (κ3) is 6.19. The van der Waals surface area contributed by atoms with Gasteiger partial charge in [-0.1, -0.05) is 80.6 Å². The van der Waals surface area contributed by atoms with E-state index in [4.69, 9.17) is 13.8 Å². The molecule has 0 radical (unpaired) electrons. The molecule has 1 unspecified atom stereocenters. The van der Waals surface area contributed by atoms with Gasteiger partial charge < -0.3 is 19.1 Å². The summed E-state index contributed by atoms with van der Waals surface area (Å²) < 4.78 is 30.9. The molecule has 7 heteroatoms. The minimum atomic E-state index is -3.66. The van der Waals surface area contributed by atoms with Gasteiger partial charge in [-0.05, 0) is 29.9 Å². The van der Waals surface area contributed by atoms with Crippen molar-refractivity contribution in [3.63, 3.8) is 0 Å². The molecule has 1 N–H and O–H groups in total. The number of hydrogen-bond donors (Lipinski definition) is 1. The molecule has 0 saturated heterocycles. The van der Waals surface area contributed by atoms with Gasteiger partial charge >= 0.3 is 7.60 Å². The highest BCUT2D eigenvalue weighted by molar-refractivity contribution is 7.54. The van der Waals surface area contributed by atoms with Crippen molar-refractivity contribution in [3.8, 4) is 5.75 Å². The predicted octanol–water partition coefficient (Wildman–Crippen LogP) is 6.08. The van der Waals surface area contributed by atoms with Gasteiger partial charge in [0.05, 0.1) is 13.2 Å². The van der Waals surface area contributed by atoms with Gasteiger partial charge in [-0.3, -0.25) is 9.36 Å². The highest BCUT2D eigenvalue weighted by atomic mass is 31.2. The number of nitrogens with one attached hydrogen (secondary N) is 1. The van der Waals surface area contributed by atoms with Crippen LogP contribution < -0.4 is 10.1 Å². The van der Waals surface area contributed by atoms with E-state index < -0.39 is 19.3 Å². The summed E-state index contributed by atoms with van der Waals surface area (Å²) in [4.78, 5) is 12.9. The van der Waals surface area contributed by atoms with Crippen LogP contribution in [0.2, 0.25) is 0 Å². The molecule has 170 valence electrons. The summed E-state index contributed by atoms with van der Waals surface area (Å²) in [5.74, 6) is -0.722. The van der Waals surface area contributed by atoms with Crippen LogP contribution in [0, 0.1) is 0 Å². The van der Waals surface area contributed by atoms with Crippen molar-refractivity contribution < 1.29 is 23.1 Å². The van der Waals surface area contributed by atoms with Gasteiger partial charge in [-0.2, -0.15) is 0 Å². The second kappa shape index (κ2) is 11.8. The Labute approximate surface area is 189 Å². The number of fused-ring (bicyclic) bond motifs is 1. The van der Waals surface area contributed by atoms with E-state index in [1.807, 2.05) is 74.5 Å². The Morgan fingerprint density at radius 2 is 1.50 bits per heavy atom. The zero-order valence-electron chi connectivity index (χ0n) is 18.5. The largest absolute Gasteiger partial charge is 0.483 e. The second-order valence-corrected chi connectivity index (χ2v) is 9.47. The summed E-state index contributed by atoms with van der Waals surface area (Å²) in [6.07, 6.45) is 1.36. The molecule has 0 bridgehead atoms. The number of benzene rings is 3. The van der Waals surface area contributed by atoms with Crippen molar-refractivity contribution in [1.29, 1.82) is 0 Å². The molecule has 0 aliphatic rings. The van der Waals surface area contributed by atoms with Crippen LogP contribution in [0.25, 0.3) is 10.8 Å². The molecule has 0 fully saturated rings. The third-order valence-electron chi connectivity index (χ3n) is 4.79. The van der Waals surface area contributed by atoms with Crippen LogP contribution in [0.4, 0.5) is 0 Å². The van der Waals surface area contributed by atoms with Crippen LogP contribution in [0.3, 0.4) is 0 Å². The molecular formula is C25H30NO5P. The third-order valence-corrected chi connectivity index (χ3v) is 6.93. The fourth-order valence-corrected chi connectivity index (χ4v) is 5.35. The lowest BCUT2D eigenvalue weighted by atomic mass is 10.1. The number of amides is 1. The lowest BCUT2D eigenvalue weighted by Crippen LogP contribution is -2.33. The molecule has 3 aromatic rings. The highest BCUT2D eigenvalue weighted by Crippen LogP contribution is 2.59. The number of carbonyl (C=O) groups excluding carboxylic acids is 1. The normalized spacial score (nSPS) is 12.4. The number of ether oxygens (including phenoxy) is 1. The van der Waals surface area contributed by atoms with E-state index in [0.29, 0.717) is 24.2 Å². The maximum absolute atomic E-state index is 13.7. The SMILES string of the molecule is CCCOP(=O)(OCCC)C(NC(=O)COc1cccc2ccccc12)c1ccccc1. The van der Waals surface area contributed by atoms with E-state index in [9.17, 15) is 9.36 Å². The standard InChI is InChI=1S/C25H30NO5P/c1-3-17-30-32(28,31-18-4-2)25(21-12-6-5-7-13-21)26-24(27)19-29-23-16-10-14-20-11-8-9-15-22(20)23/h5-16,25H,3-4,17-19H2,1-2H3,(H,26,27). The summed E-state index contributed by atoms with van der Waals surface area (Å²) in [6, 6.07) is 22.6. The molecule has 0 aromatic heterocycles. The first-order valence-corrected chi connectivity index (χ1v) is 12.5. The Morgan fingerprint density at radius 3 is 2.19 bits per heavy atom. The Kier molecular flexibility index (Phi) is 8.86. The molecule has 0 heterocycles. The molecule has 0 saturated carbocycles.